The van der Waals surface area contributed by atoms with Gasteiger partial charge in [-0.15, -0.1) is 11.3 Å². The number of thiazole rings is 1. The molecule has 2 heterocycles. The number of carbonyl (C=O) groups excluding carboxylic acids is 2. The third-order valence-electron chi connectivity index (χ3n) is 3.90. The second-order valence-corrected chi connectivity index (χ2v) is 6.78. The van der Waals surface area contributed by atoms with E-state index in [1.165, 1.54) is 16.3 Å². The summed E-state index contributed by atoms with van der Waals surface area (Å²) < 4.78 is 26.2. The average Bonchev–Trinajstić information content (AvgIpc) is 3.16. The zero-order chi connectivity index (χ0) is 20.1. The van der Waals surface area contributed by atoms with Gasteiger partial charge in [-0.3, -0.25) is 19.9 Å². The lowest BCUT2D eigenvalue weighted by Gasteiger charge is -2.15. The van der Waals surface area contributed by atoms with Crippen molar-refractivity contribution in [3.8, 4) is 0 Å². The van der Waals surface area contributed by atoms with Crippen molar-refractivity contribution in [1.82, 2.24) is 14.9 Å². The zero-order valence-electron chi connectivity index (χ0n) is 14.9. The lowest BCUT2D eigenvalue weighted by Crippen LogP contribution is -2.29. The van der Waals surface area contributed by atoms with Crippen molar-refractivity contribution in [3.63, 3.8) is 0 Å². The number of hydrogen-bond acceptors (Lipinski definition) is 5. The SMILES string of the molecule is CN(CCc1ccccn1)C(=O)c1csc(NC(=O)c2ccc(F)c(F)c2)n1. The summed E-state index contributed by atoms with van der Waals surface area (Å²) in [6.45, 7) is 0.462. The molecule has 0 radical (unpaired) electrons. The molecule has 2 aromatic heterocycles. The Hall–Kier alpha value is -3.20. The highest BCUT2D eigenvalue weighted by Gasteiger charge is 2.17. The topological polar surface area (TPSA) is 75.2 Å². The van der Waals surface area contributed by atoms with Crippen LogP contribution in [0.5, 0.6) is 0 Å². The fourth-order valence-corrected chi connectivity index (χ4v) is 3.04. The number of nitrogens with one attached hydrogen (secondary N) is 1. The summed E-state index contributed by atoms with van der Waals surface area (Å²) in [5.74, 6) is -3.08. The molecule has 144 valence electrons. The molecule has 2 amide bonds. The van der Waals surface area contributed by atoms with Gasteiger partial charge < -0.3 is 4.90 Å². The first-order valence-corrected chi connectivity index (χ1v) is 9.19. The molecule has 3 rings (SSSR count). The van der Waals surface area contributed by atoms with Crippen molar-refractivity contribution in [2.24, 2.45) is 0 Å². The molecule has 0 atom stereocenters. The molecule has 0 aliphatic heterocycles. The number of halogens is 2. The molecule has 1 N–H and O–H groups in total. The Morgan fingerprint density at radius 2 is 2.00 bits per heavy atom. The Balaban J connectivity index is 1.60. The van der Waals surface area contributed by atoms with Crippen molar-refractivity contribution < 1.29 is 18.4 Å². The van der Waals surface area contributed by atoms with Crippen molar-refractivity contribution in [1.29, 1.82) is 0 Å². The van der Waals surface area contributed by atoms with Crippen molar-refractivity contribution in [2.45, 2.75) is 6.42 Å². The Morgan fingerprint density at radius 3 is 2.71 bits per heavy atom. The quantitative estimate of drug-likeness (QED) is 0.686. The van der Waals surface area contributed by atoms with Gasteiger partial charge in [0.25, 0.3) is 11.8 Å². The molecule has 9 heteroatoms. The summed E-state index contributed by atoms with van der Waals surface area (Å²) in [5.41, 5.74) is 1.02. The van der Waals surface area contributed by atoms with E-state index in [1.807, 2.05) is 18.2 Å². The number of amides is 2. The molecule has 0 fully saturated rings. The smallest absolute Gasteiger partial charge is 0.273 e. The summed E-state index contributed by atoms with van der Waals surface area (Å²) in [5, 5.41) is 4.19. The van der Waals surface area contributed by atoms with Gasteiger partial charge in [0.2, 0.25) is 0 Å². The van der Waals surface area contributed by atoms with Crippen LogP contribution in [-0.2, 0) is 6.42 Å². The molecule has 28 heavy (non-hydrogen) atoms. The highest BCUT2D eigenvalue weighted by atomic mass is 32.1. The van der Waals surface area contributed by atoms with Crippen LogP contribution in [0.15, 0.2) is 48.0 Å². The molecule has 0 aliphatic carbocycles. The first-order valence-electron chi connectivity index (χ1n) is 8.31. The van der Waals surface area contributed by atoms with E-state index in [1.54, 1.807) is 13.2 Å². The monoisotopic (exact) mass is 402 g/mol. The van der Waals surface area contributed by atoms with Crippen molar-refractivity contribution in [2.75, 3.05) is 18.9 Å². The first kappa shape index (κ1) is 19.6. The van der Waals surface area contributed by atoms with E-state index in [4.69, 9.17) is 0 Å². The van der Waals surface area contributed by atoms with Gasteiger partial charge in [0, 0.05) is 42.8 Å². The van der Waals surface area contributed by atoms with Crippen LogP contribution >= 0.6 is 11.3 Å². The number of carbonyl (C=O) groups is 2. The molecular formula is C19H16F2N4O2S. The number of likely N-dealkylation sites (N-methyl/N-ethyl adjacent to an activating group) is 1. The van der Waals surface area contributed by atoms with E-state index in [9.17, 15) is 18.4 Å². The number of pyridine rings is 1. The molecular weight excluding hydrogens is 386 g/mol. The van der Waals surface area contributed by atoms with Crippen LogP contribution in [0.2, 0.25) is 0 Å². The summed E-state index contributed by atoms with van der Waals surface area (Å²) in [4.78, 5) is 34.4. The minimum Gasteiger partial charge on any atom is -0.340 e. The standard InChI is InChI=1S/C19H16F2N4O2S/c1-25(9-7-13-4-2-3-8-22-13)18(27)16-11-28-19(23-16)24-17(26)12-5-6-14(20)15(21)10-12/h2-6,8,10-11H,7,9H2,1H3,(H,23,24,26). The number of nitrogens with zero attached hydrogens (tertiary/aromatic N) is 3. The minimum absolute atomic E-state index is 0.0468. The van der Waals surface area contributed by atoms with Crippen molar-refractivity contribution in [3.05, 3.63) is 76.6 Å². The fraction of sp³-hybridized carbons (Fsp3) is 0.158. The Labute approximate surface area is 163 Å². The van der Waals surface area contributed by atoms with E-state index in [0.717, 1.165) is 29.2 Å². The maximum absolute atomic E-state index is 13.2. The number of rotatable bonds is 6. The van der Waals surface area contributed by atoms with Gasteiger partial charge in [-0.05, 0) is 30.3 Å². The molecule has 0 bridgehead atoms. The first-order chi connectivity index (χ1) is 13.4. The normalized spacial score (nSPS) is 10.5. The Bertz CT molecular complexity index is 995. The van der Waals surface area contributed by atoms with E-state index >= 15 is 0 Å². The predicted octanol–water partition coefficient (Wildman–Crippen LogP) is 3.38. The highest BCUT2D eigenvalue weighted by molar-refractivity contribution is 7.14. The lowest BCUT2D eigenvalue weighted by molar-refractivity contribution is 0.0791. The van der Waals surface area contributed by atoms with Gasteiger partial charge >= 0.3 is 0 Å². The molecule has 0 saturated carbocycles. The summed E-state index contributed by atoms with van der Waals surface area (Å²) >= 11 is 1.07. The van der Waals surface area contributed by atoms with E-state index in [-0.39, 0.29) is 22.3 Å². The van der Waals surface area contributed by atoms with Crippen LogP contribution in [0.3, 0.4) is 0 Å². The van der Waals surface area contributed by atoms with Crippen LogP contribution in [0.25, 0.3) is 0 Å². The van der Waals surface area contributed by atoms with Crippen LogP contribution in [0.1, 0.15) is 26.5 Å². The number of benzene rings is 1. The van der Waals surface area contributed by atoms with Gasteiger partial charge in [0.1, 0.15) is 5.69 Å². The molecule has 3 aromatic rings. The molecule has 0 unspecified atom stereocenters. The summed E-state index contributed by atoms with van der Waals surface area (Å²) in [7, 11) is 1.66. The second-order valence-electron chi connectivity index (χ2n) is 5.92. The summed E-state index contributed by atoms with van der Waals surface area (Å²) in [6, 6.07) is 8.43. The fourth-order valence-electron chi connectivity index (χ4n) is 2.36. The van der Waals surface area contributed by atoms with E-state index < -0.39 is 17.5 Å². The molecule has 6 nitrogen and oxygen atoms in total. The third-order valence-corrected chi connectivity index (χ3v) is 4.66. The van der Waals surface area contributed by atoms with Gasteiger partial charge in [0.15, 0.2) is 16.8 Å². The van der Waals surface area contributed by atoms with Crippen LogP contribution < -0.4 is 5.32 Å². The van der Waals surface area contributed by atoms with Crippen LogP contribution in [0, 0.1) is 11.6 Å². The number of aromatic nitrogens is 2. The number of hydrogen-bond donors (Lipinski definition) is 1. The van der Waals surface area contributed by atoms with Gasteiger partial charge in [-0.25, -0.2) is 13.8 Å². The maximum Gasteiger partial charge on any atom is 0.273 e. The third kappa shape index (κ3) is 4.74. The molecule has 1 aromatic carbocycles. The van der Waals surface area contributed by atoms with Gasteiger partial charge in [0.05, 0.1) is 0 Å². The molecule has 0 saturated heterocycles. The Kier molecular flexibility index (Phi) is 6.05. The largest absolute Gasteiger partial charge is 0.340 e. The molecule has 0 spiro atoms. The van der Waals surface area contributed by atoms with Crippen molar-refractivity contribution >= 4 is 28.3 Å². The molecule has 0 aliphatic rings. The lowest BCUT2D eigenvalue weighted by atomic mass is 10.2. The minimum atomic E-state index is -1.11. The Morgan fingerprint density at radius 1 is 1.18 bits per heavy atom. The zero-order valence-corrected chi connectivity index (χ0v) is 15.7. The average molecular weight is 402 g/mol. The summed E-state index contributed by atoms with van der Waals surface area (Å²) in [6.07, 6.45) is 2.30. The second kappa shape index (κ2) is 8.66. The van der Waals surface area contributed by atoms with E-state index in [2.05, 4.69) is 15.3 Å². The number of anilines is 1. The van der Waals surface area contributed by atoms with E-state index in [0.29, 0.717) is 13.0 Å². The predicted molar refractivity (Wildman–Crippen MR) is 101 cm³/mol. The van der Waals surface area contributed by atoms with Crippen LogP contribution in [-0.4, -0.2) is 40.3 Å². The maximum atomic E-state index is 13.2. The van der Waals surface area contributed by atoms with Crippen LogP contribution in [0.4, 0.5) is 13.9 Å². The van der Waals surface area contributed by atoms with Gasteiger partial charge in [-0.1, -0.05) is 6.07 Å². The van der Waals surface area contributed by atoms with Gasteiger partial charge in [-0.2, -0.15) is 0 Å². The highest BCUT2D eigenvalue weighted by Crippen LogP contribution is 2.18.